The molecule has 0 aliphatic carbocycles. The predicted octanol–water partition coefficient (Wildman–Crippen LogP) is 4.82. The van der Waals surface area contributed by atoms with Gasteiger partial charge in [-0.15, -0.1) is 4.73 Å². The molecule has 3 aromatic rings. The Kier molecular flexibility index (Phi) is 6.67. The van der Waals surface area contributed by atoms with E-state index in [4.69, 9.17) is 25.8 Å². The number of hydrogen-bond acceptors (Lipinski definition) is 5. The van der Waals surface area contributed by atoms with E-state index in [-0.39, 0.29) is 6.61 Å². The average Bonchev–Trinajstić information content (AvgIpc) is 2.71. The molecule has 152 valence electrons. The van der Waals surface area contributed by atoms with Gasteiger partial charge >= 0.3 is 0 Å². The summed E-state index contributed by atoms with van der Waals surface area (Å²) in [5.74, 6) is 1.89. The SMILES string of the molecule is CCC(Oc1ccc(Cl)cc1)Oc1ccc(OCc2cc(C)cc(=O)n2O)cc1. The average molecular weight is 416 g/mol. The summed E-state index contributed by atoms with van der Waals surface area (Å²) in [6.07, 6.45) is 0.210. The molecule has 0 fully saturated rings. The molecule has 1 atom stereocenters. The number of ether oxygens (including phenoxy) is 3. The summed E-state index contributed by atoms with van der Waals surface area (Å²) >= 11 is 5.89. The van der Waals surface area contributed by atoms with Crippen molar-refractivity contribution in [3.63, 3.8) is 0 Å². The molecule has 0 saturated carbocycles. The van der Waals surface area contributed by atoms with Gasteiger partial charge in [0.25, 0.3) is 5.56 Å². The van der Waals surface area contributed by atoms with Gasteiger partial charge in [-0.05, 0) is 67.1 Å². The Morgan fingerprint density at radius 2 is 1.52 bits per heavy atom. The lowest BCUT2D eigenvalue weighted by Crippen LogP contribution is -2.22. The summed E-state index contributed by atoms with van der Waals surface area (Å²) in [5, 5.41) is 10.4. The zero-order valence-corrected chi connectivity index (χ0v) is 16.9. The minimum Gasteiger partial charge on any atom is -0.487 e. The molecule has 6 nitrogen and oxygen atoms in total. The largest absolute Gasteiger partial charge is 0.487 e. The van der Waals surface area contributed by atoms with Gasteiger partial charge < -0.3 is 19.4 Å². The third-order valence-corrected chi connectivity index (χ3v) is 4.37. The molecule has 0 spiro atoms. The van der Waals surface area contributed by atoms with Crippen LogP contribution in [0.4, 0.5) is 0 Å². The maximum Gasteiger partial charge on any atom is 0.283 e. The molecule has 1 aromatic heterocycles. The number of nitrogens with zero attached hydrogens (tertiary/aromatic N) is 1. The van der Waals surface area contributed by atoms with Crippen molar-refractivity contribution in [2.75, 3.05) is 0 Å². The van der Waals surface area contributed by atoms with Gasteiger partial charge in [-0.3, -0.25) is 4.79 Å². The van der Waals surface area contributed by atoms with Crippen LogP contribution >= 0.6 is 11.6 Å². The Morgan fingerprint density at radius 1 is 0.966 bits per heavy atom. The van der Waals surface area contributed by atoms with Crippen LogP contribution in [-0.4, -0.2) is 16.2 Å². The summed E-state index contributed by atoms with van der Waals surface area (Å²) in [6.45, 7) is 3.81. The van der Waals surface area contributed by atoms with Gasteiger partial charge in [0, 0.05) is 17.5 Å². The van der Waals surface area contributed by atoms with Gasteiger partial charge in [0.2, 0.25) is 6.29 Å². The molecule has 0 bridgehead atoms. The van der Waals surface area contributed by atoms with Crippen LogP contribution in [0.3, 0.4) is 0 Å². The van der Waals surface area contributed by atoms with Crippen LogP contribution in [0.15, 0.2) is 65.5 Å². The number of halogens is 1. The number of aryl methyl sites for hydroxylation is 1. The highest BCUT2D eigenvalue weighted by Crippen LogP contribution is 2.22. The fourth-order valence-corrected chi connectivity index (χ4v) is 2.77. The van der Waals surface area contributed by atoms with E-state index < -0.39 is 11.8 Å². The van der Waals surface area contributed by atoms with Crippen molar-refractivity contribution in [2.24, 2.45) is 0 Å². The maximum absolute atomic E-state index is 11.6. The third-order valence-electron chi connectivity index (χ3n) is 4.12. The van der Waals surface area contributed by atoms with E-state index in [1.165, 1.54) is 6.07 Å². The molecule has 0 radical (unpaired) electrons. The first-order valence-electron chi connectivity index (χ1n) is 9.18. The fraction of sp³-hybridized carbons (Fsp3) is 0.227. The Balaban J connectivity index is 1.59. The molecule has 2 aromatic carbocycles. The van der Waals surface area contributed by atoms with E-state index in [0.29, 0.717) is 39.1 Å². The van der Waals surface area contributed by atoms with Gasteiger partial charge in [0.05, 0.1) is 5.69 Å². The Bertz CT molecular complexity index is 999. The van der Waals surface area contributed by atoms with Crippen LogP contribution in [0.2, 0.25) is 5.02 Å². The van der Waals surface area contributed by atoms with Crippen molar-refractivity contribution >= 4 is 11.6 Å². The molecule has 3 rings (SSSR count). The van der Waals surface area contributed by atoms with Gasteiger partial charge in [-0.25, -0.2) is 0 Å². The number of hydrogen-bond donors (Lipinski definition) is 1. The van der Waals surface area contributed by atoms with E-state index in [2.05, 4.69) is 0 Å². The van der Waals surface area contributed by atoms with Crippen molar-refractivity contribution < 1.29 is 19.4 Å². The molecule has 0 amide bonds. The molecule has 0 aliphatic rings. The first-order valence-corrected chi connectivity index (χ1v) is 9.56. The molecule has 1 unspecified atom stereocenters. The second-order valence-corrected chi connectivity index (χ2v) is 6.90. The zero-order valence-electron chi connectivity index (χ0n) is 16.2. The van der Waals surface area contributed by atoms with Crippen molar-refractivity contribution in [1.82, 2.24) is 4.73 Å². The molecule has 0 saturated heterocycles. The highest BCUT2D eigenvalue weighted by Gasteiger charge is 2.11. The van der Waals surface area contributed by atoms with Crippen LogP contribution < -0.4 is 19.8 Å². The summed E-state index contributed by atoms with van der Waals surface area (Å²) in [6, 6.07) is 17.2. The first kappa shape index (κ1) is 20.6. The van der Waals surface area contributed by atoms with Crippen LogP contribution in [0.5, 0.6) is 17.2 Å². The smallest absolute Gasteiger partial charge is 0.283 e. The lowest BCUT2D eigenvalue weighted by Gasteiger charge is -2.19. The number of benzene rings is 2. The molecular formula is C22H22ClNO5. The third kappa shape index (κ3) is 5.68. The minimum absolute atomic E-state index is 0.0604. The van der Waals surface area contributed by atoms with E-state index in [1.807, 2.05) is 6.92 Å². The van der Waals surface area contributed by atoms with E-state index in [9.17, 15) is 10.0 Å². The zero-order chi connectivity index (χ0) is 20.8. The van der Waals surface area contributed by atoms with Gasteiger partial charge in [0.1, 0.15) is 23.9 Å². The van der Waals surface area contributed by atoms with Crippen molar-refractivity contribution in [3.05, 3.63) is 87.3 Å². The van der Waals surface area contributed by atoms with Crippen LogP contribution in [0.1, 0.15) is 24.6 Å². The number of pyridine rings is 1. The monoisotopic (exact) mass is 415 g/mol. The van der Waals surface area contributed by atoms with Crippen LogP contribution in [-0.2, 0) is 6.61 Å². The number of aromatic nitrogens is 1. The normalized spacial score (nSPS) is 11.7. The molecule has 7 heteroatoms. The Labute approximate surface area is 173 Å². The topological polar surface area (TPSA) is 69.9 Å². The fourth-order valence-electron chi connectivity index (χ4n) is 2.65. The molecule has 1 heterocycles. The Hall–Kier alpha value is -3.12. The van der Waals surface area contributed by atoms with E-state index in [0.717, 1.165) is 5.56 Å². The molecular weight excluding hydrogens is 394 g/mol. The first-order chi connectivity index (χ1) is 13.9. The number of rotatable bonds is 8. The summed E-state index contributed by atoms with van der Waals surface area (Å²) in [4.78, 5) is 11.6. The van der Waals surface area contributed by atoms with E-state index >= 15 is 0 Å². The second-order valence-electron chi connectivity index (χ2n) is 6.46. The van der Waals surface area contributed by atoms with E-state index in [1.54, 1.807) is 61.5 Å². The summed E-state index contributed by atoms with van der Waals surface area (Å²) in [5.41, 5.74) is 0.644. The van der Waals surface area contributed by atoms with Gasteiger partial charge in [-0.1, -0.05) is 18.5 Å². The van der Waals surface area contributed by atoms with Crippen molar-refractivity contribution in [1.29, 1.82) is 0 Å². The van der Waals surface area contributed by atoms with Crippen molar-refractivity contribution in [2.45, 2.75) is 33.2 Å². The van der Waals surface area contributed by atoms with Gasteiger partial charge in [-0.2, -0.15) is 0 Å². The lowest BCUT2D eigenvalue weighted by atomic mass is 10.2. The minimum atomic E-state index is -0.487. The Morgan fingerprint density at radius 3 is 2.10 bits per heavy atom. The second kappa shape index (κ2) is 9.39. The predicted molar refractivity (Wildman–Crippen MR) is 110 cm³/mol. The van der Waals surface area contributed by atoms with Gasteiger partial charge in [0.15, 0.2) is 0 Å². The standard InChI is InChI=1S/C22H22ClNO5/c1-3-22(28-19-6-4-16(23)5-7-19)29-20-10-8-18(9-11-20)27-14-17-12-15(2)13-21(25)24(17)26/h4-13,22,26H,3,14H2,1-2H3. The van der Waals surface area contributed by atoms with Crippen molar-refractivity contribution in [3.8, 4) is 17.2 Å². The highest BCUT2D eigenvalue weighted by molar-refractivity contribution is 6.30. The summed E-state index contributed by atoms with van der Waals surface area (Å²) < 4.78 is 17.9. The molecule has 1 N–H and O–H groups in total. The van der Waals surface area contributed by atoms with Crippen LogP contribution in [0.25, 0.3) is 0 Å². The summed E-state index contributed by atoms with van der Waals surface area (Å²) in [7, 11) is 0. The maximum atomic E-state index is 11.6. The highest BCUT2D eigenvalue weighted by atomic mass is 35.5. The lowest BCUT2D eigenvalue weighted by molar-refractivity contribution is 0.00325. The quantitative estimate of drug-likeness (QED) is 0.422. The van der Waals surface area contributed by atoms with Crippen LogP contribution in [0, 0.1) is 6.92 Å². The molecule has 29 heavy (non-hydrogen) atoms. The molecule has 0 aliphatic heterocycles.